The molecule has 1 aromatic heterocycles. The monoisotopic (exact) mass is 438 g/mol. The molecule has 0 aliphatic carbocycles. The lowest BCUT2D eigenvalue weighted by Gasteiger charge is -2.31. The lowest BCUT2D eigenvalue weighted by atomic mass is 10.2. The average molecular weight is 439 g/mol. The molecule has 1 aromatic carbocycles. The summed E-state index contributed by atoms with van der Waals surface area (Å²) in [5, 5.41) is 0. The van der Waals surface area contributed by atoms with E-state index in [0.717, 1.165) is 28.9 Å². The Hall–Kier alpha value is -1.48. The van der Waals surface area contributed by atoms with E-state index in [1.165, 1.54) is 10.5 Å². The highest BCUT2D eigenvalue weighted by atomic mass is 79.9. The Balaban J connectivity index is 1.70. The Bertz CT molecular complexity index is 832. The highest BCUT2D eigenvalue weighted by Crippen LogP contribution is 2.20. The van der Waals surface area contributed by atoms with Gasteiger partial charge in [-0.25, -0.2) is 13.4 Å². The van der Waals surface area contributed by atoms with E-state index in [9.17, 15) is 8.42 Å². The smallest absolute Gasteiger partial charge is 0.244 e. The largest absolute Gasteiger partial charge is 0.355 e. The predicted molar refractivity (Wildman–Crippen MR) is 107 cm³/mol. The number of likely N-dealkylation sites (N-methyl/N-ethyl adjacent to an activating group) is 1. The van der Waals surface area contributed by atoms with Gasteiger partial charge in [0.15, 0.2) is 0 Å². The molecule has 0 saturated carbocycles. The normalized spacial score (nSPS) is 16.6. The fraction of sp³-hybridized carbons (Fsp3) is 0.389. The molecule has 3 rings (SSSR count). The van der Waals surface area contributed by atoms with Crippen LogP contribution in [0.4, 0.5) is 5.82 Å². The maximum Gasteiger partial charge on any atom is 0.244 e. The van der Waals surface area contributed by atoms with Crippen molar-refractivity contribution in [2.24, 2.45) is 0 Å². The lowest BCUT2D eigenvalue weighted by molar-refractivity contribution is 0.222. The van der Waals surface area contributed by atoms with E-state index in [-0.39, 0.29) is 4.90 Å². The molecule has 6 nitrogen and oxygen atoms in total. The van der Waals surface area contributed by atoms with Crippen molar-refractivity contribution in [1.82, 2.24) is 14.2 Å². The van der Waals surface area contributed by atoms with E-state index in [4.69, 9.17) is 0 Å². The number of rotatable bonds is 5. The first-order valence-corrected chi connectivity index (χ1v) is 10.7. The summed E-state index contributed by atoms with van der Waals surface area (Å²) in [6.07, 6.45) is 1.46. The zero-order chi connectivity index (χ0) is 18.7. The van der Waals surface area contributed by atoms with Crippen molar-refractivity contribution in [3.8, 4) is 0 Å². The van der Waals surface area contributed by atoms with Crippen LogP contribution in [0.5, 0.6) is 0 Å². The van der Waals surface area contributed by atoms with E-state index in [1.54, 1.807) is 12.1 Å². The van der Waals surface area contributed by atoms with Gasteiger partial charge in [0.25, 0.3) is 0 Å². The summed E-state index contributed by atoms with van der Waals surface area (Å²) >= 11 is 3.43. The van der Waals surface area contributed by atoms with Gasteiger partial charge in [-0.05, 0) is 36.9 Å². The molecule has 0 atom stereocenters. The van der Waals surface area contributed by atoms with Crippen LogP contribution in [0.3, 0.4) is 0 Å². The zero-order valence-corrected chi connectivity index (χ0v) is 17.4. The van der Waals surface area contributed by atoms with Crippen LogP contribution in [0.25, 0.3) is 0 Å². The van der Waals surface area contributed by atoms with Gasteiger partial charge in [-0.15, -0.1) is 0 Å². The first kappa shape index (κ1) is 19.3. The molecule has 1 fully saturated rings. The number of nitrogens with zero attached hydrogens (tertiary/aromatic N) is 4. The van der Waals surface area contributed by atoms with Crippen molar-refractivity contribution >= 4 is 31.8 Å². The highest BCUT2D eigenvalue weighted by Gasteiger charge is 2.27. The summed E-state index contributed by atoms with van der Waals surface area (Å²) < 4.78 is 28.1. The molecular formula is C18H23BrN4O2S. The number of hydrogen-bond acceptors (Lipinski definition) is 5. The van der Waals surface area contributed by atoms with Gasteiger partial charge in [0.1, 0.15) is 10.7 Å². The third-order valence-electron chi connectivity index (χ3n) is 4.54. The molecule has 2 heterocycles. The molecule has 0 radical (unpaired) electrons. The van der Waals surface area contributed by atoms with Gasteiger partial charge in [-0.1, -0.05) is 28.1 Å². The molecule has 8 heteroatoms. The van der Waals surface area contributed by atoms with E-state index >= 15 is 0 Å². The van der Waals surface area contributed by atoms with Gasteiger partial charge < -0.3 is 9.80 Å². The Morgan fingerprint density at radius 1 is 1.08 bits per heavy atom. The number of aromatic nitrogens is 1. The summed E-state index contributed by atoms with van der Waals surface area (Å²) in [6.45, 7) is 3.24. The van der Waals surface area contributed by atoms with Gasteiger partial charge in [-0.2, -0.15) is 4.31 Å². The standard InChI is InChI=1S/C18H23BrN4O2S/c1-21-9-11-23(12-10-21)26(24,25)17-7-8-18(20-13-17)22(2)14-15-3-5-16(19)6-4-15/h3-8,13H,9-12,14H2,1-2H3. The molecule has 1 saturated heterocycles. The van der Waals surface area contributed by atoms with Crippen molar-refractivity contribution in [3.63, 3.8) is 0 Å². The lowest BCUT2D eigenvalue weighted by Crippen LogP contribution is -2.47. The van der Waals surface area contributed by atoms with Gasteiger partial charge in [-0.3, -0.25) is 0 Å². The molecule has 1 aliphatic rings. The number of sulfonamides is 1. The molecule has 140 valence electrons. The van der Waals surface area contributed by atoms with Crippen LogP contribution in [-0.4, -0.2) is 62.9 Å². The van der Waals surface area contributed by atoms with E-state index in [1.807, 2.05) is 43.3 Å². The Labute approximate surface area is 163 Å². The fourth-order valence-corrected chi connectivity index (χ4v) is 4.51. The van der Waals surface area contributed by atoms with Crippen LogP contribution in [0, 0.1) is 0 Å². The second-order valence-electron chi connectivity index (χ2n) is 6.54. The number of halogens is 1. The Morgan fingerprint density at radius 2 is 1.73 bits per heavy atom. The number of benzene rings is 1. The molecule has 0 amide bonds. The number of anilines is 1. The SMILES string of the molecule is CN1CCN(S(=O)(=O)c2ccc(N(C)Cc3ccc(Br)cc3)nc2)CC1. The molecule has 1 aliphatic heterocycles. The highest BCUT2D eigenvalue weighted by molar-refractivity contribution is 9.10. The zero-order valence-electron chi connectivity index (χ0n) is 15.0. The summed E-state index contributed by atoms with van der Waals surface area (Å²) in [5.41, 5.74) is 1.16. The third-order valence-corrected chi connectivity index (χ3v) is 6.96. The van der Waals surface area contributed by atoms with Crippen molar-refractivity contribution in [1.29, 1.82) is 0 Å². The van der Waals surface area contributed by atoms with Gasteiger partial charge >= 0.3 is 0 Å². The molecule has 0 bridgehead atoms. The maximum absolute atomic E-state index is 12.7. The summed E-state index contributed by atoms with van der Waals surface area (Å²) in [6, 6.07) is 11.5. The molecule has 26 heavy (non-hydrogen) atoms. The quantitative estimate of drug-likeness (QED) is 0.717. The minimum absolute atomic E-state index is 0.253. The van der Waals surface area contributed by atoms with Gasteiger partial charge in [0.05, 0.1) is 0 Å². The second-order valence-corrected chi connectivity index (χ2v) is 9.40. The van der Waals surface area contributed by atoms with Crippen molar-refractivity contribution in [2.75, 3.05) is 45.2 Å². The Kier molecular flexibility index (Phi) is 5.96. The topological polar surface area (TPSA) is 56.8 Å². The van der Waals surface area contributed by atoms with E-state index < -0.39 is 10.0 Å². The maximum atomic E-state index is 12.7. The summed E-state index contributed by atoms with van der Waals surface area (Å²) in [7, 11) is 0.474. The molecule has 0 spiro atoms. The second kappa shape index (κ2) is 8.04. The van der Waals surface area contributed by atoms with Crippen LogP contribution < -0.4 is 4.90 Å². The van der Waals surface area contributed by atoms with Crippen molar-refractivity contribution in [3.05, 3.63) is 52.6 Å². The first-order valence-electron chi connectivity index (χ1n) is 8.46. The number of pyridine rings is 1. The molecule has 0 unspecified atom stereocenters. The summed E-state index contributed by atoms with van der Waals surface area (Å²) in [4.78, 5) is 8.75. The van der Waals surface area contributed by atoms with E-state index in [0.29, 0.717) is 19.6 Å². The Morgan fingerprint density at radius 3 is 2.31 bits per heavy atom. The third kappa shape index (κ3) is 4.43. The molecular weight excluding hydrogens is 416 g/mol. The van der Waals surface area contributed by atoms with Gasteiger partial charge in [0.2, 0.25) is 10.0 Å². The van der Waals surface area contributed by atoms with Crippen molar-refractivity contribution in [2.45, 2.75) is 11.4 Å². The minimum atomic E-state index is -3.47. The predicted octanol–water partition coefficient (Wildman–Crippen LogP) is 2.42. The number of hydrogen-bond donors (Lipinski definition) is 0. The van der Waals surface area contributed by atoms with Crippen LogP contribution in [0.1, 0.15) is 5.56 Å². The van der Waals surface area contributed by atoms with E-state index in [2.05, 4.69) is 25.8 Å². The molecule has 0 N–H and O–H groups in total. The fourth-order valence-electron chi connectivity index (χ4n) is 2.87. The van der Waals surface area contributed by atoms with Crippen molar-refractivity contribution < 1.29 is 8.42 Å². The number of piperazine rings is 1. The minimum Gasteiger partial charge on any atom is -0.355 e. The van der Waals surface area contributed by atoms with Crippen LogP contribution in [0.15, 0.2) is 52.0 Å². The molecule has 2 aromatic rings. The van der Waals surface area contributed by atoms with Crippen LogP contribution in [-0.2, 0) is 16.6 Å². The summed E-state index contributed by atoms with van der Waals surface area (Å²) in [5.74, 6) is 0.741. The first-order chi connectivity index (χ1) is 12.4. The van der Waals surface area contributed by atoms with Crippen LogP contribution in [0.2, 0.25) is 0 Å². The van der Waals surface area contributed by atoms with Gasteiger partial charge in [0, 0.05) is 50.4 Å². The van der Waals surface area contributed by atoms with Crippen LogP contribution >= 0.6 is 15.9 Å². The average Bonchev–Trinajstić information content (AvgIpc) is 2.64.